The molecule has 0 atom stereocenters. The molecule has 1 heteroatoms. The standard InChI is InChI=1S/C42H32Si/c1-33-13-17-35(18-14-33)21-23-37-25-29-41(30-26-37)43(39-9-5-3-6-10-39,40-11-7-4-8-12-40)42-31-27-38(28-32-42)24-22-36-19-15-34(2)16-20-36/h3-20,25-32H,1-2H3. The highest BCUT2D eigenvalue weighted by molar-refractivity contribution is 7.19. The molecule has 0 aliphatic rings. The van der Waals surface area contributed by atoms with Crippen molar-refractivity contribution in [2.45, 2.75) is 13.8 Å². The summed E-state index contributed by atoms with van der Waals surface area (Å²) in [6.07, 6.45) is 0. The van der Waals surface area contributed by atoms with Gasteiger partial charge in [-0.2, -0.15) is 0 Å². The van der Waals surface area contributed by atoms with Crippen LogP contribution in [0.3, 0.4) is 0 Å². The van der Waals surface area contributed by atoms with Crippen LogP contribution in [-0.2, 0) is 0 Å². The van der Waals surface area contributed by atoms with Crippen molar-refractivity contribution in [1.82, 2.24) is 0 Å². The first-order valence-electron chi connectivity index (χ1n) is 14.6. The van der Waals surface area contributed by atoms with Gasteiger partial charge in [0.2, 0.25) is 0 Å². The largest absolute Gasteiger partial charge is 0.179 e. The zero-order chi connectivity index (χ0) is 29.5. The summed E-state index contributed by atoms with van der Waals surface area (Å²) in [5.41, 5.74) is 6.55. The van der Waals surface area contributed by atoms with Gasteiger partial charge in [-0.05, 0) is 83.1 Å². The average Bonchev–Trinajstić information content (AvgIpc) is 3.07. The molecule has 0 radical (unpaired) electrons. The highest BCUT2D eigenvalue weighted by atomic mass is 28.3. The molecule has 0 saturated carbocycles. The maximum atomic E-state index is 3.37. The van der Waals surface area contributed by atoms with Crippen LogP contribution in [0, 0.1) is 37.5 Å². The van der Waals surface area contributed by atoms with Crippen molar-refractivity contribution < 1.29 is 0 Å². The lowest BCUT2D eigenvalue weighted by Crippen LogP contribution is -2.74. The highest BCUT2D eigenvalue weighted by Crippen LogP contribution is 2.12. The van der Waals surface area contributed by atoms with Crippen LogP contribution in [0.4, 0.5) is 0 Å². The van der Waals surface area contributed by atoms with Gasteiger partial charge < -0.3 is 0 Å². The Kier molecular flexibility index (Phi) is 8.19. The first-order valence-corrected chi connectivity index (χ1v) is 16.6. The second kappa shape index (κ2) is 12.7. The van der Waals surface area contributed by atoms with E-state index in [9.17, 15) is 0 Å². The predicted molar refractivity (Wildman–Crippen MR) is 184 cm³/mol. The molecule has 204 valence electrons. The Labute approximate surface area is 256 Å². The maximum Gasteiger partial charge on any atom is 0.179 e. The van der Waals surface area contributed by atoms with Gasteiger partial charge in [0.25, 0.3) is 0 Å². The van der Waals surface area contributed by atoms with Crippen LogP contribution in [0.2, 0.25) is 0 Å². The van der Waals surface area contributed by atoms with Crippen molar-refractivity contribution >= 4 is 28.8 Å². The van der Waals surface area contributed by atoms with E-state index in [0.29, 0.717) is 0 Å². The lowest BCUT2D eigenvalue weighted by atomic mass is 10.1. The van der Waals surface area contributed by atoms with Crippen LogP contribution in [0.15, 0.2) is 158 Å². The molecule has 43 heavy (non-hydrogen) atoms. The Balaban J connectivity index is 1.45. The van der Waals surface area contributed by atoms with Gasteiger partial charge in [0, 0.05) is 22.3 Å². The van der Waals surface area contributed by atoms with E-state index < -0.39 is 8.07 Å². The lowest BCUT2D eigenvalue weighted by Gasteiger charge is -2.34. The zero-order valence-corrected chi connectivity index (χ0v) is 25.5. The Morgan fingerprint density at radius 2 is 0.558 bits per heavy atom. The number of rotatable bonds is 4. The van der Waals surface area contributed by atoms with Crippen molar-refractivity contribution in [2.24, 2.45) is 0 Å². The number of benzene rings is 6. The Hall–Kier alpha value is -5.34. The van der Waals surface area contributed by atoms with Gasteiger partial charge in [-0.25, -0.2) is 0 Å². The number of hydrogen-bond acceptors (Lipinski definition) is 0. The van der Waals surface area contributed by atoms with Crippen LogP contribution in [0.25, 0.3) is 0 Å². The molecule has 0 heterocycles. The van der Waals surface area contributed by atoms with Crippen LogP contribution in [0.5, 0.6) is 0 Å². The minimum atomic E-state index is -2.63. The summed E-state index contributed by atoms with van der Waals surface area (Å²) in [5, 5.41) is 5.34. The first-order chi connectivity index (χ1) is 21.1. The fraction of sp³-hybridized carbons (Fsp3) is 0.0476. The summed E-state index contributed by atoms with van der Waals surface area (Å²) in [4.78, 5) is 0. The molecule has 0 amide bonds. The van der Waals surface area contributed by atoms with Gasteiger partial charge in [0.15, 0.2) is 8.07 Å². The van der Waals surface area contributed by atoms with E-state index in [-0.39, 0.29) is 0 Å². The normalized spacial score (nSPS) is 10.7. The average molecular weight is 565 g/mol. The molecule has 0 spiro atoms. The van der Waals surface area contributed by atoms with Crippen LogP contribution in [-0.4, -0.2) is 8.07 Å². The van der Waals surface area contributed by atoms with Crippen molar-refractivity contribution in [3.05, 3.63) is 191 Å². The smallest absolute Gasteiger partial charge is 0.0623 e. The van der Waals surface area contributed by atoms with Crippen molar-refractivity contribution in [3.8, 4) is 23.7 Å². The summed E-state index contributed by atoms with van der Waals surface area (Å²) < 4.78 is 0. The lowest BCUT2D eigenvalue weighted by molar-refractivity contribution is 1.46. The molecule has 0 saturated heterocycles. The molecule has 0 aliphatic carbocycles. The van der Waals surface area contributed by atoms with Crippen molar-refractivity contribution in [3.63, 3.8) is 0 Å². The number of hydrogen-bond donors (Lipinski definition) is 0. The molecule has 0 N–H and O–H groups in total. The van der Waals surface area contributed by atoms with Crippen LogP contribution in [0.1, 0.15) is 33.4 Å². The molecule has 6 aromatic carbocycles. The second-order valence-corrected chi connectivity index (χ2v) is 14.7. The fourth-order valence-electron chi connectivity index (χ4n) is 5.55. The van der Waals surface area contributed by atoms with E-state index in [0.717, 1.165) is 22.3 Å². The van der Waals surface area contributed by atoms with E-state index >= 15 is 0 Å². The molecule has 0 bridgehead atoms. The summed E-state index contributed by atoms with van der Waals surface area (Å²) in [7, 11) is -2.63. The third kappa shape index (κ3) is 6.14. The van der Waals surface area contributed by atoms with Crippen molar-refractivity contribution in [1.29, 1.82) is 0 Å². The van der Waals surface area contributed by atoms with E-state index in [1.807, 2.05) is 0 Å². The molecule has 6 rings (SSSR count). The zero-order valence-electron chi connectivity index (χ0n) is 24.5. The minimum absolute atomic E-state index is 1.01. The predicted octanol–water partition coefficient (Wildman–Crippen LogP) is 6.48. The van der Waals surface area contributed by atoms with Gasteiger partial charge in [-0.1, -0.05) is 144 Å². The van der Waals surface area contributed by atoms with Gasteiger partial charge in [0.05, 0.1) is 0 Å². The molecular weight excluding hydrogens is 533 g/mol. The Bertz CT molecular complexity index is 1780. The topological polar surface area (TPSA) is 0 Å². The molecule has 0 nitrogen and oxygen atoms in total. The molecule has 0 fully saturated rings. The monoisotopic (exact) mass is 564 g/mol. The summed E-state index contributed by atoms with van der Waals surface area (Å²) in [6.45, 7) is 4.19. The first kappa shape index (κ1) is 27.8. The summed E-state index contributed by atoms with van der Waals surface area (Å²) in [5.74, 6) is 13.4. The van der Waals surface area contributed by atoms with E-state index in [1.54, 1.807) is 0 Å². The third-order valence-corrected chi connectivity index (χ3v) is 12.7. The van der Waals surface area contributed by atoms with Gasteiger partial charge in [-0.3, -0.25) is 0 Å². The minimum Gasteiger partial charge on any atom is -0.0623 e. The Morgan fingerprint density at radius 1 is 0.302 bits per heavy atom. The highest BCUT2D eigenvalue weighted by Gasteiger charge is 2.41. The molecule has 6 aromatic rings. The van der Waals surface area contributed by atoms with E-state index in [2.05, 4.69) is 195 Å². The maximum absolute atomic E-state index is 3.37. The van der Waals surface area contributed by atoms with Crippen LogP contribution < -0.4 is 20.7 Å². The number of aryl methyl sites for hydroxylation is 2. The van der Waals surface area contributed by atoms with E-state index in [4.69, 9.17) is 0 Å². The Morgan fingerprint density at radius 3 is 0.860 bits per heavy atom. The quantitative estimate of drug-likeness (QED) is 0.131. The van der Waals surface area contributed by atoms with Crippen LogP contribution >= 0.6 is 0 Å². The SMILES string of the molecule is Cc1ccc(C#Cc2ccc([Si](c3ccccc3)(c3ccccc3)c3ccc(C#Cc4ccc(C)cc4)cc3)cc2)cc1. The molecule has 0 aliphatic heterocycles. The molecule has 0 aromatic heterocycles. The van der Waals surface area contributed by atoms with Crippen molar-refractivity contribution in [2.75, 3.05) is 0 Å². The van der Waals surface area contributed by atoms with Gasteiger partial charge >= 0.3 is 0 Å². The summed E-state index contributed by atoms with van der Waals surface area (Å²) >= 11 is 0. The molecule has 0 unspecified atom stereocenters. The van der Waals surface area contributed by atoms with Gasteiger partial charge in [0.1, 0.15) is 0 Å². The van der Waals surface area contributed by atoms with E-state index in [1.165, 1.54) is 31.9 Å². The summed E-state index contributed by atoms with van der Waals surface area (Å²) in [6, 6.07) is 56.5. The third-order valence-electron chi connectivity index (χ3n) is 7.85. The fourth-order valence-corrected chi connectivity index (χ4v) is 10.3. The van der Waals surface area contributed by atoms with Gasteiger partial charge in [-0.15, -0.1) is 0 Å². The second-order valence-electron chi connectivity index (χ2n) is 10.9. The molecular formula is C42H32Si.